The van der Waals surface area contributed by atoms with Crippen molar-refractivity contribution in [3.05, 3.63) is 33.2 Å². The largest absolute Gasteiger partial charge is 0.394 e. The fraction of sp³-hybridized carbons (Fsp3) is 0.600. The lowest BCUT2D eigenvalue weighted by atomic mass is 10.1. The van der Waals surface area contributed by atoms with Crippen LogP contribution in [0.2, 0.25) is 0 Å². The first-order chi connectivity index (χ1) is 9.56. The van der Waals surface area contributed by atoms with Crippen LogP contribution in [0.4, 0.5) is 5.82 Å². The molecule has 3 atom stereocenters. The second kappa shape index (κ2) is 5.88. The van der Waals surface area contributed by atoms with E-state index >= 15 is 0 Å². The molecule has 3 N–H and O–H groups in total. The maximum absolute atomic E-state index is 11.9. The number of ether oxygens (including phenoxy) is 1. The molecule has 1 fully saturated rings. The van der Waals surface area contributed by atoms with Gasteiger partial charge in [-0.3, -0.25) is 9.58 Å². The maximum Gasteiger partial charge on any atom is 0.351 e. The average molecular weight is 281 g/mol. The molecule has 0 unspecified atom stereocenters. The summed E-state index contributed by atoms with van der Waals surface area (Å²) < 4.78 is 6.79. The van der Waals surface area contributed by atoms with Crippen LogP contribution in [-0.4, -0.2) is 40.5 Å². The van der Waals surface area contributed by atoms with Crippen LogP contribution in [0.3, 0.4) is 0 Å². The minimum absolute atomic E-state index is 0.286. The summed E-state index contributed by atoms with van der Waals surface area (Å²) in [4.78, 5) is 18.4. The normalized spacial score (nSPS) is 25.2. The van der Waals surface area contributed by atoms with Crippen molar-refractivity contribution in [2.75, 3.05) is 18.7 Å². The van der Waals surface area contributed by atoms with Crippen molar-refractivity contribution >= 4 is 5.82 Å². The quantitative estimate of drug-likeness (QED) is 0.251. The van der Waals surface area contributed by atoms with Crippen molar-refractivity contribution in [1.29, 1.82) is 0 Å². The summed E-state index contributed by atoms with van der Waals surface area (Å²) in [6.07, 6.45) is 0.555. The summed E-state index contributed by atoms with van der Waals surface area (Å²) >= 11 is 0. The van der Waals surface area contributed by atoms with Crippen molar-refractivity contribution < 1.29 is 9.84 Å². The lowest BCUT2D eigenvalue weighted by Crippen LogP contribution is -2.32. The molecule has 0 bridgehead atoms. The van der Waals surface area contributed by atoms with Gasteiger partial charge in [0.15, 0.2) is 0 Å². The summed E-state index contributed by atoms with van der Waals surface area (Å²) in [6, 6.07) is 1.05. The van der Waals surface area contributed by atoms with Gasteiger partial charge in [0, 0.05) is 24.6 Å². The highest BCUT2D eigenvalue weighted by Gasteiger charge is 2.35. The van der Waals surface area contributed by atoms with E-state index < -0.39 is 24.1 Å². The van der Waals surface area contributed by atoms with Crippen molar-refractivity contribution in [3.63, 3.8) is 0 Å². The Morgan fingerprint density at radius 3 is 3.10 bits per heavy atom. The molecular formula is C10H15N7O3. The maximum atomic E-state index is 11.9. The Balaban J connectivity index is 2.25. The molecule has 0 radical (unpaired) electrons. The first-order valence-corrected chi connectivity index (χ1v) is 5.95. The van der Waals surface area contributed by atoms with Crippen molar-refractivity contribution in [1.82, 2.24) is 9.55 Å². The fourth-order valence-electron chi connectivity index (χ4n) is 2.06. The van der Waals surface area contributed by atoms with Crippen LogP contribution in [0.5, 0.6) is 0 Å². The van der Waals surface area contributed by atoms with Crippen LogP contribution in [0.25, 0.3) is 10.4 Å². The second-order valence-electron chi connectivity index (χ2n) is 4.41. The lowest BCUT2D eigenvalue weighted by molar-refractivity contribution is -0.0270. The van der Waals surface area contributed by atoms with Gasteiger partial charge in [0.1, 0.15) is 12.0 Å². The highest BCUT2D eigenvalue weighted by atomic mass is 16.5. The van der Waals surface area contributed by atoms with Crippen LogP contribution in [0.1, 0.15) is 12.6 Å². The number of nitrogens with zero attached hydrogens (tertiary/aromatic N) is 6. The number of rotatable bonds is 4. The van der Waals surface area contributed by atoms with E-state index in [1.807, 2.05) is 0 Å². The van der Waals surface area contributed by atoms with E-state index in [0.29, 0.717) is 12.2 Å². The van der Waals surface area contributed by atoms with Gasteiger partial charge in [-0.25, -0.2) is 10.6 Å². The molecule has 10 nitrogen and oxygen atoms in total. The number of aliphatic hydroxyl groups excluding tert-OH is 1. The number of hydrogen-bond acceptors (Lipinski definition) is 7. The van der Waals surface area contributed by atoms with E-state index in [9.17, 15) is 9.90 Å². The fourth-order valence-corrected chi connectivity index (χ4v) is 2.06. The number of anilines is 1. The van der Waals surface area contributed by atoms with E-state index in [-0.39, 0.29) is 6.61 Å². The number of nitrogens with two attached hydrogens (primary N) is 1. The van der Waals surface area contributed by atoms with Crippen LogP contribution >= 0.6 is 0 Å². The standard InChI is InChI=1S/C10H15N7O3/c1-16(12)8-2-3-17(10(19)13-8)9-4-6(14-15-11)7(5-18)20-9/h2-3,6-7,9,18H,4-5,12H2,1H3/t6-,7+,9+/m0/s1. The SMILES string of the molecule is CN(N)c1ccn([C@H]2C[C@H](N=[N+]=[N-])[C@@H](CO)O2)c(=O)n1. The molecule has 1 aliphatic heterocycles. The van der Waals surface area contributed by atoms with Gasteiger partial charge in [-0.15, -0.1) is 0 Å². The highest BCUT2D eigenvalue weighted by Crippen LogP contribution is 2.29. The number of hydrazine groups is 1. The predicted molar refractivity (Wildman–Crippen MR) is 69.6 cm³/mol. The Morgan fingerprint density at radius 1 is 1.80 bits per heavy atom. The Bertz CT molecular complexity index is 580. The first kappa shape index (κ1) is 14.3. The van der Waals surface area contributed by atoms with E-state index in [2.05, 4.69) is 15.0 Å². The summed E-state index contributed by atoms with van der Waals surface area (Å²) in [7, 11) is 1.57. The molecule has 1 aliphatic rings. The molecule has 10 heteroatoms. The zero-order valence-corrected chi connectivity index (χ0v) is 10.8. The van der Waals surface area contributed by atoms with E-state index in [0.717, 1.165) is 0 Å². The third kappa shape index (κ3) is 2.73. The molecule has 0 spiro atoms. The van der Waals surface area contributed by atoms with Crippen LogP contribution in [0, 0.1) is 0 Å². The van der Waals surface area contributed by atoms with Gasteiger partial charge in [0.2, 0.25) is 0 Å². The zero-order chi connectivity index (χ0) is 14.7. The number of hydrogen-bond donors (Lipinski definition) is 2. The topological polar surface area (TPSA) is 142 Å². The summed E-state index contributed by atoms with van der Waals surface area (Å²) in [5, 5.41) is 14.0. The van der Waals surface area contributed by atoms with Crippen LogP contribution in [0.15, 0.2) is 22.2 Å². The lowest BCUT2D eigenvalue weighted by Gasteiger charge is -2.16. The highest BCUT2D eigenvalue weighted by molar-refractivity contribution is 5.32. The molecule has 2 heterocycles. The summed E-state index contributed by atoms with van der Waals surface area (Å²) in [5.74, 6) is 5.82. The predicted octanol–water partition coefficient (Wildman–Crippen LogP) is -0.488. The van der Waals surface area contributed by atoms with Crippen molar-refractivity contribution in [3.8, 4) is 0 Å². The van der Waals surface area contributed by atoms with Gasteiger partial charge in [0.25, 0.3) is 0 Å². The summed E-state index contributed by atoms with van der Waals surface area (Å²) in [5.41, 5.74) is 7.94. The van der Waals surface area contributed by atoms with Gasteiger partial charge in [-0.05, 0) is 11.6 Å². The number of aromatic nitrogens is 2. The molecule has 0 saturated carbocycles. The second-order valence-corrected chi connectivity index (χ2v) is 4.41. The average Bonchev–Trinajstić information content (AvgIpc) is 2.81. The minimum Gasteiger partial charge on any atom is -0.394 e. The molecule has 1 aromatic heterocycles. The molecule has 108 valence electrons. The van der Waals surface area contributed by atoms with Gasteiger partial charge in [-0.2, -0.15) is 4.98 Å². The van der Waals surface area contributed by atoms with E-state index in [1.165, 1.54) is 15.8 Å². The van der Waals surface area contributed by atoms with Crippen molar-refractivity contribution in [2.45, 2.75) is 24.8 Å². The van der Waals surface area contributed by atoms with Crippen LogP contribution in [-0.2, 0) is 4.74 Å². The molecule has 20 heavy (non-hydrogen) atoms. The number of azide groups is 1. The van der Waals surface area contributed by atoms with E-state index in [4.69, 9.17) is 16.1 Å². The zero-order valence-electron chi connectivity index (χ0n) is 10.8. The Hall–Kier alpha value is -2.13. The molecule has 2 rings (SSSR count). The van der Waals surface area contributed by atoms with Gasteiger partial charge < -0.3 is 9.84 Å². The Morgan fingerprint density at radius 2 is 2.55 bits per heavy atom. The molecule has 0 amide bonds. The van der Waals surface area contributed by atoms with Crippen LogP contribution < -0.4 is 16.5 Å². The van der Waals surface area contributed by atoms with E-state index in [1.54, 1.807) is 13.1 Å². The molecule has 1 saturated heterocycles. The number of aliphatic hydroxyl groups is 1. The Labute approximate surface area is 114 Å². The molecule has 0 aliphatic carbocycles. The monoisotopic (exact) mass is 281 g/mol. The minimum atomic E-state index is -0.625. The molecule has 0 aromatic carbocycles. The third-order valence-electron chi connectivity index (χ3n) is 3.07. The van der Waals surface area contributed by atoms with Gasteiger partial charge in [0.05, 0.1) is 18.8 Å². The smallest absolute Gasteiger partial charge is 0.351 e. The van der Waals surface area contributed by atoms with Gasteiger partial charge >= 0.3 is 5.69 Å². The summed E-state index contributed by atoms with van der Waals surface area (Å²) in [6.45, 7) is -0.286. The first-order valence-electron chi connectivity index (χ1n) is 5.95. The molecular weight excluding hydrogens is 266 g/mol. The Kier molecular flexibility index (Phi) is 4.20. The molecule has 1 aromatic rings. The van der Waals surface area contributed by atoms with Crippen molar-refractivity contribution in [2.24, 2.45) is 11.0 Å². The third-order valence-corrected chi connectivity index (χ3v) is 3.07. The van der Waals surface area contributed by atoms with Gasteiger partial charge in [-0.1, -0.05) is 5.11 Å².